The molecule has 0 bridgehead atoms. The molecule has 3 aromatic carbocycles. The molecule has 0 saturated carbocycles. The van der Waals surface area contributed by atoms with Gasteiger partial charge in [-0.05, 0) is 36.6 Å². The molecule has 1 radical (unpaired) electrons. The fourth-order valence-corrected chi connectivity index (χ4v) is 5.18. The van der Waals surface area contributed by atoms with Crippen molar-refractivity contribution in [3.8, 4) is 28.3 Å². The van der Waals surface area contributed by atoms with Gasteiger partial charge in [-0.2, -0.15) is 4.57 Å². The number of benzene rings is 3. The maximum absolute atomic E-state index is 4.32. The van der Waals surface area contributed by atoms with Crippen LogP contribution in [0.2, 0.25) is 0 Å². The SMILES string of the molecule is C.CC(C)c1cccc(C(C)C)c1-n1cc[n+]2c1-c1ccccc1C2.Cc1cccnc1-c1[c-]cccc1.[Ir]. The summed E-state index contributed by atoms with van der Waals surface area (Å²) in [6.07, 6.45) is 6.26. The summed E-state index contributed by atoms with van der Waals surface area (Å²) in [4.78, 5) is 4.32. The largest absolute Gasteiger partial charge is 0.304 e. The predicted molar refractivity (Wildman–Crippen MR) is 159 cm³/mol. The van der Waals surface area contributed by atoms with Gasteiger partial charge in [0, 0.05) is 43.0 Å². The van der Waals surface area contributed by atoms with Gasteiger partial charge in [-0.15, -0.1) is 35.9 Å². The van der Waals surface area contributed by atoms with E-state index in [1.807, 2.05) is 36.5 Å². The minimum Gasteiger partial charge on any atom is -0.304 e. The molecule has 5 aromatic rings. The standard InChI is InChI=1S/C22H25N2.C12H10N.CH4.Ir/c1-15(2)18-10-7-11-19(16(3)4)21(18)24-13-12-23-14-17-8-5-6-9-20(17)22(23)24;1-10-6-5-9-13-12(10)11-7-3-2-4-8-11;;/h5-13,15-16H,14H2,1-4H3;2-7,9H,1H3;1H4;/q+1;-1;;. The van der Waals surface area contributed by atoms with Crippen molar-refractivity contribution in [3.05, 3.63) is 126 Å². The topological polar surface area (TPSA) is 21.7 Å². The third-order valence-electron chi connectivity index (χ3n) is 7.05. The van der Waals surface area contributed by atoms with Crippen molar-refractivity contribution < 1.29 is 24.7 Å². The van der Waals surface area contributed by atoms with E-state index in [0.717, 1.165) is 17.8 Å². The molecule has 0 saturated heterocycles. The monoisotopic (exact) mass is 694 g/mol. The van der Waals surface area contributed by atoms with Gasteiger partial charge in [-0.3, -0.25) is 0 Å². The van der Waals surface area contributed by atoms with Crippen molar-refractivity contribution in [2.45, 2.75) is 60.4 Å². The average molecular weight is 694 g/mol. The molecule has 4 heteroatoms. The van der Waals surface area contributed by atoms with E-state index in [9.17, 15) is 0 Å². The summed E-state index contributed by atoms with van der Waals surface area (Å²) in [5.41, 5.74) is 10.2. The number of aryl methyl sites for hydroxylation is 1. The van der Waals surface area contributed by atoms with Crippen LogP contribution in [0.1, 0.15) is 69.2 Å². The summed E-state index contributed by atoms with van der Waals surface area (Å²) < 4.78 is 4.78. The Labute approximate surface area is 247 Å². The zero-order valence-electron chi connectivity index (χ0n) is 22.8. The molecule has 0 unspecified atom stereocenters. The minimum absolute atomic E-state index is 0. The Hall–Kier alpha value is -3.33. The van der Waals surface area contributed by atoms with E-state index >= 15 is 0 Å². The maximum Gasteiger partial charge on any atom is 0.294 e. The molecule has 2 aromatic heterocycles. The molecule has 6 rings (SSSR count). The minimum atomic E-state index is 0. The number of nitrogens with zero attached hydrogens (tertiary/aromatic N) is 3. The Morgan fingerprint density at radius 1 is 0.846 bits per heavy atom. The summed E-state index contributed by atoms with van der Waals surface area (Å²) in [7, 11) is 0. The number of hydrogen-bond donors (Lipinski definition) is 0. The van der Waals surface area contributed by atoms with Crippen LogP contribution in [-0.4, -0.2) is 9.55 Å². The van der Waals surface area contributed by atoms with Crippen molar-refractivity contribution in [3.63, 3.8) is 0 Å². The van der Waals surface area contributed by atoms with Crippen LogP contribution in [0.3, 0.4) is 0 Å². The first-order chi connectivity index (χ1) is 18.0. The van der Waals surface area contributed by atoms with Crippen LogP contribution in [0.15, 0.2) is 97.5 Å². The smallest absolute Gasteiger partial charge is 0.294 e. The Morgan fingerprint density at radius 3 is 2.18 bits per heavy atom. The summed E-state index contributed by atoms with van der Waals surface area (Å²) in [5, 5.41) is 0. The molecule has 0 aliphatic carbocycles. The molecule has 1 aliphatic heterocycles. The van der Waals surface area contributed by atoms with Crippen LogP contribution >= 0.6 is 0 Å². The normalized spacial score (nSPS) is 11.2. The van der Waals surface area contributed by atoms with Gasteiger partial charge < -0.3 is 4.98 Å². The number of pyridine rings is 1. The molecule has 0 amide bonds. The number of fused-ring (bicyclic) bond motifs is 3. The van der Waals surface area contributed by atoms with Crippen molar-refractivity contribution >= 4 is 0 Å². The molecule has 1 aliphatic rings. The fourth-order valence-electron chi connectivity index (χ4n) is 5.18. The second-order valence-electron chi connectivity index (χ2n) is 10.3. The van der Waals surface area contributed by atoms with Gasteiger partial charge in [0.2, 0.25) is 0 Å². The maximum atomic E-state index is 4.32. The summed E-state index contributed by atoms with van der Waals surface area (Å²) >= 11 is 0. The first-order valence-electron chi connectivity index (χ1n) is 13.2. The number of imidazole rings is 1. The Kier molecular flexibility index (Phi) is 10.2. The van der Waals surface area contributed by atoms with E-state index in [-0.39, 0.29) is 27.5 Å². The number of aromatic nitrogens is 3. The van der Waals surface area contributed by atoms with E-state index in [0.29, 0.717) is 11.8 Å². The quantitative estimate of drug-likeness (QED) is 0.134. The molecule has 3 nitrogen and oxygen atoms in total. The van der Waals surface area contributed by atoms with Crippen LogP contribution in [0, 0.1) is 13.0 Å². The zero-order chi connectivity index (χ0) is 25.9. The van der Waals surface area contributed by atoms with Crippen molar-refractivity contribution in [2.75, 3.05) is 0 Å². The summed E-state index contributed by atoms with van der Waals surface area (Å²) in [6.45, 7) is 12.2. The second-order valence-corrected chi connectivity index (χ2v) is 10.3. The van der Waals surface area contributed by atoms with Gasteiger partial charge in [-0.1, -0.05) is 83.1 Å². The van der Waals surface area contributed by atoms with Gasteiger partial charge in [0.05, 0.1) is 5.56 Å². The second kappa shape index (κ2) is 13.2. The van der Waals surface area contributed by atoms with Crippen LogP contribution in [0.4, 0.5) is 0 Å². The molecule has 3 heterocycles. The third kappa shape index (κ3) is 6.13. The van der Waals surface area contributed by atoms with E-state index in [1.54, 1.807) is 0 Å². The van der Waals surface area contributed by atoms with Crippen molar-refractivity contribution in [2.24, 2.45) is 0 Å². The van der Waals surface area contributed by atoms with Gasteiger partial charge in [0.1, 0.15) is 24.6 Å². The first-order valence-corrected chi connectivity index (χ1v) is 13.2. The average Bonchev–Trinajstić information content (AvgIpc) is 3.49. The number of hydrogen-bond acceptors (Lipinski definition) is 1. The summed E-state index contributed by atoms with van der Waals surface area (Å²) in [5.74, 6) is 2.30. The van der Waals surface area contributed by atoms with E-state index < -0.39 is 0 Å². The summed E-state index contributed by atoms with van der Waals surface area (Å²) in [6, 6.07) is 30.6. The van der Waals surface area contributed by atoms with E-state index in [1.165, 1.54) is 39.3 Å². The Balaban J connectivity index is 0.000000240. The van der Waals surface area contributed by atoms with Gasteiger partial charge in [0.25, 0.3) is 5.82 Å². The fraction of sp³-hybridized carbons (Fsp3) is 0.257. The molecule has 0 atom stereocenters. The van der Waals surface area contributed by atoms with Crippen LogP contribution in [0.5, 0.6) is 0 Å². The predicted octanol–water partition coefficient (Wildman–Crippen LogP) is 8.53. The van der Waals surface area contributed by atoms with Crippen LogP contribution < -0.4 is 4.57 Å². The van der Waals surface area contributed by atoms with E-state index in [4.69, 9.17) is 0 Å². The van der Waals surface area contributed by atoms with Gasteiger partial charge in [-0.25, -0.2) is 4.57 Å². The molecule has 203 valence electrons. The van der Waals surface area contributed by atoms with Gasteiger partial charge in [0.15, 0.2) is 0 Å². The first kappa shape index (κ1) is 30.2. The molecule has 0 spiro atoms. The Bertz CT molecular complexity index is 1490. The van der Waals surface area contributed by atoms with Crippen LogP contribution in [0.25, 0.3) is 28.3 Å². The molecule has 0 N–H and O–H groups in total. The van der Waals surface area contributed by atoms with E-state index in [2.05, 4.69) is 116 Å². The van der Waals surface area contributed by atoms with Crippen molar-refractivity contribution in [1.82, 2.24) is 9.55 Å². The molecular weight excluding hydrogens is 655 g/mol. The van der Waals surface area contributed by atoms with Gasteiger partial charge >= 0.3 is 0 Å². The van der Waals surface area contributed by atoms with Crippen molar-refractivity contribution in [1.29, 1.82) is 0 Å². The third-order valence-corrected chi connectivity index (χ3v) is 7.05. The Morgan fingerprint density at radius 2 is 1.54 bits per heavy atom. The molecular formula is C35H39IrN3. The molecule has 39 heavy (non-hydrogen) atoms. The zero-order valence-corrected chi connectivity index (χ0v) is 25.2. The number of rotatable bonds is 4. The number of para-hydroxylation sites is 1. The molecule has 0 fully saturated rings. The van der Waals surface area contributed by atoms with Crippen LogP contribution in [-0.2, 0) is 26.7 Å².